The summed E-state index contributed by atoms with van der Waals surface area (Å²) in [5.41, 5.74) is 1.90. The predicted molar refractivity (Wildman–Crippen MR) is 125 cm³/mol. The van der Waals surface area contributed by atoms with Crippen molar-refractivity contribution in [1.82, 2.24) is 29.6 Å². The van der Waals surface area contributed by atoms with Crippen LogP contribution >= 0.6 is 15.9 Å². The van der Waals surface area contributed by atoms with E-state index in [-0.39, 0.29) is 40.2 Å². The van der Waals surface area contributed by atoms with E-state index in [1.165, 1.54) is 6.07 Å². The van der Waals surface area contributed by atoms with E-state index < -0.39 is 11.9 Å². The fourth-order valence-electron chi connectivity index (χ4n) is 4.68. The first-order chi connectivity index (χ1) is 16.2. The molecule has 5 rings (SSSR count). The molecule has 4 heterocycles. The normalized spacial score (nSPS) is 23.0. The van der Waals surface area contributed by atoms with E-state index in [1.807, 2.05) is 0 Å². The number of carbonyl (C=O) groups excluding carboxylic acids is 2. The minimum Gasteiger partial charge on any atom is -0.325 e. The summed E-state index contributed by atoms with van der Waals surface area (Å²) in [5.74, 6) is -0.0957. The molecular formula is C23H23BrFN7O2. The number of amides is 2. The van der Waals surface area contributed by atoms with Crippen LogP contribution in [-0.2, 0) is 16.1 Å². The van der Waals surface area contributed by atoms with E-state index in [0.717, 1.165) is 17.7 Å². The molecule has 2 amide bonds. The number of halogens is 2. The van der Waals surface area contributed by atoms with Gasteiger partial charge in [-0.1, -0.05) is 6.92 Å². The SMILES string of the molecule is Cc1ncc(-c2ccnn2CC(=O)N2[C@H](C(=O)Nc3nc(Br)c(F)cc3C)C[C@@]3(C)C[C@@H]23)cn1. The number of aromatic nitrogens is 5. The lowest BCUT2D eigenvalue weighted by atomic mass is 10.0. The van der Waals surface area contributed by atoms with Gasteiger partial charge in [0, 0.05) is 30.2 Å². The molecule has 1 N–H and O–H groups in total. The van der Waals surface area contributed by atoms with Crippen molar-refractivity contribution in [1.29, 1.82) is 0 Å². The molecule has 0 bridgehead atoms. The maximum atomic E-state index is 13.7. The topological polar surface area (TPSA) is 106 Å². The maximum Gasteiger partial charge on any atom is 0.248 e. The van der Waals surface area contributed by atoms with Crippen molar-refractivity contribution in [2.24, 2.45) is 5.41 Å². The van der Waals surface area contributed by atoms with Gasteiger partial charge in [0.15, 0.2) is 5.82 Å². The van der Waals surface area contributed by atoms with Gasteiger partial charge in [0.05, 0.1) is 5.69 Å². The molecule has 3 aromatic rings. The third-order valence-electron chi connectivity index (χ3n) is 6.67. The van der Waals surface area contributed by atoms with Gasteiger partial charge < -0.3 is 10.2 Å². The largest absolute Gasteiger partial charge is 0.325 e. The Morgan fingerprint density at radius 1 is 1.26 bits per heavy atom. The second-order valence-electron chi connectivity index (χ2n) is 9.20. The van der Waals surface area contributed by atoms with Crippen molar-refractivity contribution < 1.29 is 14.0 Å². The number of aryl methyl sites for hydroxylation is 2. The molecule has 1 saturated carbocycles. The van der Waals surface area contributed by atoms with Crippen LogP contribution in [0.4, 0.5) is 10.2 Å². The van der Waals surface area contributed by atoms with Crippen molar-refractivity contribution in [2.45, 2.75) is 52.2 Å². The molecule has 176 valence electrons. The molecule has 2 fully saturated rings. The zero-order valence-corrected chi connectivity index (χ0v) is 20.5. The minimum absolute atomic E-state index is 0.00600. The quantitative estimate of drug-likeness (QED) is 0.510. The summed E-state index contributed by atoms with van der Waals surface area (Å²) in [5, 5.41) is 7.10. The van der Waals surface area contributed by atoms with Crippen LogP contribution in [0.2, 0.25) is 0 Å². The van der Waals surface area contributed by atoms with E-state index >= 15 is 0 Å². The third-order valence-corrected chi connectivity index (χ3v) is 7.23. The first kappa shape index (κ1) is 22.6. The molecule has 0 spiro atoms. The molecule has 34 heavy (non-hydrogen) atoms. The van der Waals surface area contributed by atoms with Crippen molar-refractivity contribution in [3.05, 3.63) is 52.5 Å². The Kier molecular flexibility index (Phi) is 5.46. The highest BCUT2D eigenvalue weighted by molar-refractivity contribution is 9.10. The maximum absolute atomic E-state index is 13.7. The van der Waals surface area contributed by atoms with Gasteiger partial charge in [0.1, 0.15) is 28.8 Å². The summed E-state index contributed by atoms with van der Waals surface area (Å²) in [6.07, 6.45) is 6.44. The second kappa shape index (κ2) is 8.23. The molecule has 0 aromatic carbocycles. The van der Waals surface area contributed by atoms with E-state index in [2.05, 4.69) is 48.2 Å². The van der Waals surface area contributed by atoms with Crippen LogP contribution in [0.3, 0.4) is 0 Å². The fourth-order valence-corrected chi connectivity index (χ4v) is 4.97. The zero-order valence-electron chi connectivity index (χ0n) is 18.9. The third kappa shape index (κ3) is 3.97. The number of anilines is 1. The van der Waals surface area contributed by atoms with Gasteiger partial charge in [-0.05, 0) is 65.7 Å². The summed E-state index contributed by atoms with van der Waals surface area (Å²) < 4.78 is 15.4. The smallest absolute Gasteiger partial charge is 0.248 e. The van der Waals surface area contributed by atoms with E-state index in [9.17, 15) is 14.0 Å². The Balaban J connectivity index is 1.36. The Morgan fingerprint density at radius 2 is 2.00 bits per heavy atom. The number of rotatable bonds is 5. The van der Waals surface area contributed by atoms with Gasteiger partial charge in [-0.25, -0.2) is 19.3 Å². The van der Waals surface area contributed by atoms with Crippen LogP contribution in [0.25, 0.3) is 11.3 Å². The summed E-state index contributed by atoms with van der Waals surface area (Å²) in [4.78, 5) is 40.9. The first-order valence-electron chi connectivity index (χ1n) is 10.9. The average Bonchev–Trinajstić information content (AvgIpc) is 3.10. The second-order valence-corrected chi connectivity index (χ2v) is 9.95. The lowest BCUT2D eigenvalue weighted by molar-refractivity contribution is -0.138. The van der Waals surface area contributed by atoms with Crippen molar-refractivity contribution in [3.8, 4) is 11.3 Å². The average molecular weight is 528 g/mol. The lowest BCUT2D eigenvalue weighted by Crippen LogP contribution is -2.47. The number of pyridine rings is 1. The monoisotopic (exact) mass is 527 g/mol. The van der Waals surface area contributed by atoms with Gasteiger partial charge in [-0.3, -0.25) is 14.3 Å². The first-order valence-corrected chi connectivity index (χ1v) is 11.7. The van der Waals surface area contributed by atoms with Gasteiger partial charge in [0.2, 0.25) is 11.8 Å². The number of likely N-dealkylation sites (tertiary alicyclic amines) is 1. The summed E-state index contributed by atoms with van der Waals surface area (Å²) in [7, 11) is 0. The van der Waals surface area contributed by atoms with Crippen LogP contribution in [0.1, 0.15) is 31.2 Å². The van der Waals surface area contributed by atoms with Gasteiger partial charge in [-0.2, -0.15) is 5.10 Å². The van der Waals surface area contributed by atoms with Gasteiger partial charge in [-0.15, -0.1) is 0 Å². The van der Waals surface area contributed by atoms with Gasteiger partial charge >= 0.3 is 0 Å². The molecule has 9 nitrogen and oxygen atoms in total. The Labute approximate surface area is 203 Å². The molecule has 0 unspecified atom stereocenters. The van der Waals surface area contributed by atoms with Crippen LogP contribution in [-0.4, -0.2) is 53.5 Å². The van der Waals surface area contributed by atoms with E-state index in [0.29, 0.717) is 17.8 Å². The van der Waals surface area contributed by atoms with E-state index in [4.69, 9.17) is 0 Å². The predicted octanol–water partition coefficient (Wildman–Crippen LogP) is 3.27. The van der Waals surface area contributed by atoms with Gasteiger partial charge in [0.25, 0.3) is 0 Å². The number of nitrogens with one attached hydrogen (secondary N) is 1. The molecule has 1 aliphatic carbocycles. The van der Waals surface area contributed by atoms with Crippen molar-refractivity contribution in [2.75, 3.05) is 5.32 Å². The molecule has 1 saturated heterocycles. The lowest BCUT2D eigenvalue weighted by Gasteiger charge is -2.27. The molecule has 1 aliphatic heterocycles. The van der Waals surface area contributed by atoms with Crippen LogP contribution in [0.5, 0.6) is 0 Å². The molecule has 0 radical (unpaired) electrons. The number of nitrogens with zero attached hydrogens (tertiary/aromatic N) is 6. The Morgan fingerprint density at radius 3 is 2.74 bits per heavy atom. The van der Waals surface area contributed by atoms with Crippen LogP contribution < -0.4 is 5.32 Å². The standard InChI is InChI=1S/C23H23BrFN7O2/c1-12-6-15(25)20(24)29-21(12)30-22(34)17-7-23(3)8-18(23)32(17)19(33)11-31-16(4-5-28-31)14-9-26-13(2)27-10-14/h4-6,9-10,17-18H,7-8,11H2,1-3H3,(H,29,30,34)/t17-,18+,23-/m0/s1. The summed E-state index contributed by atoms with van der Waals surface area (Å²) in [6, 6.07) is 2.48. The highest BCUT2D eigenvalue weighted by atomic mass is 79.9. The van der Waals surface area contributed by atoms with Crippen molar-refractivity contribution >= 4 is 33.6 Å². The van der Waals surface area contributed by atoms with E-state index in [1.54, 1.807) is 48.1 Å². The number of piperidine rings is 1. The van der Waals surface area contributed by atoms with Crippen molar-refractivity contribution in [3.63, 3.8) is 0 Å². The zero-order chi connectivity index (χ0) is 24.2. The summed E-state index contributed by atoms with van der Waals surface area (Å²) >= 11 is 3.06. The van der Waals surface area contributed by atoms with Crippen LogP contribution in [0.15, 0.2) is 35.3 Å². The highest BCUT2D eigenvalue weighted by Crippen LogP contribution is 2.59. The molecule has 2 aliphatic rings. The fraction of sp³-hybridized carbons (Fsp3) is 0.391. The summed E-state index contributed by atoms with van der Waals surface area (Å²) in [6.45, 7) is 5.55. The molecule has 11 heteroatoms. The Bertz CT molecular complexity index is 1290. The number of fused-ring (bicyclic) bond motifs is 1. The highest BCUT2D eigenvalue weighted by Gasteiger charge is 2.64. The number of hydrogen-bond donors (Lipinski definition) is 1. The minimum atomic E-state index is -0.636. The Hall–Kier alpha value is -3.21. The molecule has 3 atom stereocenters. The number of carbonyl (C=O) groups is 2. The van der Waals surface area contributed by atoms with Crippen LogP contribution in [0, 0.1) is 25.1 Å². The molecule has 3 aromatic heterocycles. The molecular weight excluding hydrogens is 505 g/mol. The number of hydrogen-bond acceptors (Lipinski definition) is 6.